The summed E-state index contributed by atoms with van der Waals surface area (Å²) >= 11 is 4.14. The van der Waals surface area contributed by atoms with Gasteiger partial charge in [-0.2, -0.15) is 0 Å². The number of hydrogen-bond donors (Lipinski definition) is 1. The van der Waals surface area contributed by atoms with Crippen LogP contribution in [0.15, 0.2) is 75.7 Å². The van der Waals surface area contributed by atoms with E-state index >= 15 is 0 Å². The Labute approximate surface area is 148 Å². The first-order chi connectivity index (χ1) is 11.7. The van der Waals surface area contributed by atoms with Gasteiger partial charge in [-0.15, -0.1) is 6.08 Å². The molecule has 2 N–H and O–H groups in total. The number of allylic oxidation sites excluding steroid dienone is 6. The van der Waals surface area contributed by atoms with Gasteiger partial charge in [-0.1, -0.05) is 0 Å². The zero-order valence-corrected chi connectivity index (χ0v) is 13.7. The van der Waals surface area contributed by atoms with Gasteiger partial charge in [0.05, 0.1) is 0 Å². The molecule has 0 fully saturated rings. The van der Waals surface area contributed by atoms with Crippen molar-refractivity contribution in [3.05, 3.63) is 89.4 Å². The van der Waals surface area contributed by atoms with Crippen LogP contribution in [0.2, 0.25) is 0 Å². The maximum absolute atomic E-state index is 7.54. The van der Waals surface area contributed by atoms with E-state index in [1.165, 1.54) is 6.08 Å². The van der Waals surface area contributed by atoms with E-state index in [1.54, 1.807) is 11.0 Å². The fraction of sp³-hybridized carbons (Fsp3) is 0. The minimum atomic E-state index is 0.256. The summed E-state index contributed by atoms with van der Waals surface area (Å²) < 4.78 is 0. The Bertz CT molecular complexity index is 902. The zero-order valence-electron chi connectivity index (χ0n) is 12.7. The number of nitrogens with one attached hydrogen (secondary N) is 2. The monoisotopic (exact) mass is 357 g/mol. The fourth-order valence-corrected chi connectivity index (χ4v) is 2.38. The van der Waals surface area contributed by atoms with Crippen LogP contribution in [-0.2, 0) is 15.3 Å². The summed E-state index contributed by atoms with van der Waals surface area (Å²) in [5.41, 5.74) is 12.9. The molecule has 1 aromatic rings. The van der Waals surface area contributed by atoms with Crippen LogP contribution in [0, 0.1) is 6.58 Å². The first-order valence-electron chi connectivity index (χ1n) is 7.21. The van der Waals surface area contributed by atoms with Crippen molar-refractivity contribution in [2.75, 3.05) is 0 Å². The summed E-state index contributed by atoms with van der Waals surface area (Å²) in [7, 11) is 0. The van der Waals surface area contributed by atoms with Gasteiger partial charge in [0.15, 0.2) is 0 Å². The number of H-pyrrole nitrogens is 1. The van der Waals surface area contributed by atoms with Gasteiger partial charge in [0.1, 0.15) is 0 Å². The molecule has 0 aliphatic carbocycles. The fourth-order valence-electron chi connectivity index (χ4n) is 2.21. The summed E-state index contributed by atoms with van der Waals surface area (Å²) in [6, 6.07) is 3.82. The first kappa shape index (κ1) is 16.1. The Kier molecular flexibility index (Phi) is 4.84. The molecule has 0 spiro atoms. The number of hydrogen-bond acceptors (Lipinski definition) is 2. The van der Waals surface area contributed by atoms with Gasteiger partial charge in [-0.25, -0.2) is 0 Å². The van der Waals surface area contributed by atoms with Gasteiger partial charge >= 0.3 is 118 Å². The zero-order chi connectivity index (χ0) is 16.9. The number of nitrogens with zero attached hydrogens (tertiary/aromatic N) is 2. The van der Waals surface area contributed by atoms with E-state index < -0.39 is 0 Å². The van der Waals surface area contributed by atoms with Crippen LogP contribution >= 0.6 is 0 Å². The average Bonchev–Trinajstić information content (AvgIpc) is 3.30. The van der Waals surface area contributed by atoms with Gasteiger partial charge in [0.25, 0.3) is 0 Å². The molecule has 2 aliphatic heterocycles. The standard InChI is InChI=1S/C19H14N4.Co/c1-3-14(20)10-15-6-7-18(22-15)12-19-9-8-17(23-19)11-16-5-4-13(2)21-16;/h1-12,20,22H;/q-2;. The predicted octanol–water partition coefficient (Wildman–Crippen LogP) is 3.99. The Morgan fingerprint density at radius 2 is 1.67 bits per heavy atom. The molecule has 1 aromatic heterocycles. The third-order valence-electron chi connectivity index (χ3n) is 3.29. The second-order valence-corrected chi connectivity index (χ2v) is 5.41. The van der Waals surface area contributed by atoms with Crippen LogP contribution in [0.1, 0.15) is 11.4 Å². The minimum absolute atomic E-state index is 0.256. The molecule has 3 heterocycles. The van der Waals surface area contributed by atoms with Gasteiger partial charge in [-0.05, 0) is 0 Å². The number of rotatable bonds is 5. The van der Waals surface area contributed by atoms with Crippen molar-refractivity contribution in [2.45, 2.75) is 0 Å². The molecular weight excluding hydrogens is 343 g/mol. The molecule has 0 saturated heterocycles. The summed E-state index contributed by atoms with van der Waals surface area (Å²) in [6.45, 7) is 5.30. The van der Waals surface area contributed by atoms with Crippen LogP contribution in [0.5, 0.6) is 0 Å². The van der Waals surface area contributed by atoms with Crippen LogP contribution < -0.4 is 0 Å². The van der Waals surface area contributed by atoms with Gasteiger partial charge in [0.2, 0.25) is 0 Å². The Morgan fingerprint density at radius 1 is 1.00 bits per heavy atom. The van der Waals surface area contributed by atoms with Gasteiger partial charge in [-0.3, -0.25) is 12.7 Å². The summed E-state index contributed by atoms with van der Waals surface area (Å²) in [5, 5.41) is 0. The van der Waals surface area contributed by atoms with Gasteiger partial charge < -0.3 is 11.4 Å². The molecule has 0 bridgehead atoms. The summed E-state index contributed by atoms with van der Waals surface area (Å²) in [5.74, 6) is 0. The van der Waals surface area contributed by atoms with Crippen molar-refractivity contribution < 1.29 is 15.3 Å². The van der Waals surface area contributed by atoms with Crippen LogP contribution in [0.4, 0.5) is 0 Å². The summed E-state index contributed by atoms with van der Waals surface area (Å²) in [4.78, 5) is 13.8. The molecule has 0 radical (unpaired) electrons. The van der Waals surface area contributed by atoms with Crippen molar-refractivity contribution in [3.8, 4) is 0 Å². The van der Waals surface area contributed by atoms with Crippen molar-refractivity contribution in [3.63, 3.8) is 0 Å². The van der Waals surface area contributed by atoms with E-state index in [0.29, 0.717) is 0 Å². The number of aliphatic imine (C=N–C) groups is 2. The molecule has 2 aliphatic rings. The molecule has 0 unspecified atom stereocenters. The molecule has 0 amide bonds. The average molecular weight is 357 g/mol. The van der Waals surface area contributed by atoms with E-state index in [4.69, 9.17) is 12.3 Å². The van der Waals surface area contributed by atoms with Gasteiger partial charge in [0, 0.05) is 0 Å². The van der Waals surface area contributed by atoms with E-state index in [-0.39, 0.29) is 5.70 Å². The molecule has 3 rings (SSSR count). The topological polar surface area (TPSA) is 64.3 Å². The maximum atomic E-state index is 7.54. The third-order valence-corrected chi connectivity index (χ3v) is 3.59. The molecule has 5 heteroatoms. The van der Waals surface area contributed by atoms with Crippen LogP contribution in [-0.4, -0.2) is 21.4 Å². The number of aromatic nitrogens is 1. The molecule has 24 heavy (non-hydrogen) atoms. The Morgan fingerprint density at radius 3 is 2.38 bits per heavy atom. The van der Waals surface area contributed by atoms with E-state index in [1.807, 2.05) is 48.6 Å². The SMILES string of the molecule is [CH-]=CC([NH-])=Cc1ccc(C=C2C=CC(C=C3C=CC([CH]=[Co])=N3)=N2)[nH]1. The second-order valence-electron chi connectivity index (χ2n) is 5.11. The second kappa shape index (κ2) is 7.21. The third kappa shape index (κ3) is 3.95. The predicted molar refractivity (Wildman–Crippen MR) is 97.2 cm³/mol. The molecule has 0 aromatic carbocycles. The molecule has 121 valence electrons. The Balaban J connectivity index is 1.76. The van der Waals surface area contributed by atoms with Crippen LogP contribution in [0.25, 0.3) is 17.9 Å². The molecule has 0 atom stereocenters. The normalized spacial score (nSPS) is 20.0. The summed E-state index contributed by atoms with van der Waals surface area (Å²) in [6.07, 6.45) is 14.5. The molecule has 0 saturated carbocycles. The molecular formula is C19H14CoN4-2. The Hall–Kier alpha value is -2.76. The molecule has 4 nitrogen and oxygen atoms in total. The van der Waals surface area contributed by atoms with Crippen molar-refractivity contribution in [1.29, 1.82) is 0 Å². The van der Waals surface area contributed by atoms with E-state index in [0.717, 1.165) is 34.2 Å². The first-order valence-corrected chi connectivity index (χ1v) is 7.81. The van der Waals surface area contributed by atoms with E-state index in [9.17, 15) is 0 Å². The van der Waals surface area contributed by atoms with E-state index in [2.05, 4.69) is 30.3 Å². The van der Waals surface area contributed by atoms with Crippen LogP contribution in [0.3, 0.4) is 0 Å². The van der Waals surface area contributed by atoms with Crippen molar-refractivity contribution in [2.24, 2.45) is 9.98 Å². The van der Waals surface area contributed by atoms with Crippen molar-refractivity contribution in [1.82, 2.24) is 4.98 Å². The quantitative estimate of drug-likeness (QED) is 0.612. The van der Waals surface area contributed by atoms with Crippen molar-refractivity contribution >= 4 is 28.5 Å². The number of aromatic amines is 1.